The van der Waals surface area contributed by atoms with Crippen LogP contribution < -0.4 is 4.31 Å². The van der Waals surface area contributed by atoms with Gasteiger partial charge in [0.25, 0.3) is 6.47 Å². The van der Waals surface area contributed by atoms with Crippen LogP contribution in [-0.4, -0.2) is 19.1 Å². The first-order valence-corrected chi connectivity index (χ1v) is 7.82. The van der Waals surface area contributed by atoms with Crippen LogP contribution in [0.3, 0.4) is 0 Å². The standard InChI is InChI=1S/C17H17F2NO2S/c1-12-3-6-15(7-4-12)23-20(13(2)10-22-11-21)17-9-14(18)5-8-16(17)19/h3-9,11,13H,10H2,1-2H3. The van der Waals surface area contributed by atoms with Gasteiger partial charge in [-0.2, -0.15) is 0 Å². The minimum Gasteiger partial charge on any atom is -0.466 e. The molecule has 0 saturated heterocycles. The number of nitrogens with zero attached hydrogens (tertiary/aromatic N) is 1. The Hall–Kier alpha value is -2.08. The van der Waals surface area contributed by atoms with E-state index in [1.54, 1.807) is 11.2 Å². The number of carbonyl (C=O) groups excluding carboxylic acids is 1. The number of halogens is 2. The number of anilines is 1. The Bertz CT molecular complexity index is 664. The monoisotopic (exact) mass is 337 g/mol. The van der Waals surface area contributed by atoms with E-state index in [1.807, 2.05) is 31.2 Å². The summed E-state index contributed by atoms with van der Waals surface area (Å²) >= 11 is 1.26. The molecular formula is C17H17F2NO2S. The Balaban J connectivity index is 2.32. The van der Waals surface area contributed by atoms with Crippen molar-refractivity contribution in [3.8, 4) is 0 Å². The van der Waals surface area contributed by atoms with Gasteiger partial charge in [0.05, 0.1) is 11.7 Å². The number of aryl methyl sites for hydroxylation is 1. The largest absolute Gasteiger partial charge is 0.466 e. The molecule has 0 aliphatic carbocycles. The van der Waals surface area contributed by atoms with E-state index < -0.39 is 11.6 Å². The maximum atomic E-state index is 14.1. The average molecular weight is 337 g/mol. The van der Waals surface area contributed by atoms with E-state index in [0.29, 0.717) is 6.47 Å². The first-order chi connectivity index (χ1) is 11.0. The Morgan fingerprint density at radius 3 is 2.57 bits per heavy atom. The summed E-state index contributed by atoms with van der Waals surface area (Å²) in [5.74, 6) is -1.07. The Kier molecular flexibility index (Phi) is 5.98. The first kappa shape index (κ1) is 17.3. The van der Waals surface area contributed by atoms with Crippen molar-refractivity contribution in [3.05, 3.63) is 59.7 Å². The van der Waals surface area contributed by atoms with Gasteiger partial charge in [-0.3, -0.25) is 4.79 Å². The molecule has 0 spiro atoms. The molecule has 0 saturated carbocycles. The average Bonchev–Trinajstić information content (AvgIpc) is 2.54. The molecule has 2 aromatic rings. The van der Waals surface area contributed by atoms with Gasteiger partial charge in [0.15, 0.2) is 0 Å². The molecule has 0 N–H and O–H groups in total. The number of hydrogen-bond donors (Lipinski definition) is 0. The molecule has 122 valence electrons. The zero-order valence-corrected chi connectivity index (χ0v) is 13.6. The van der Waals surface area contributed by atoms with Crippen LogP contribution in [0.15, 0.2) is 47.4 Å². The Morgan fingerprint density at radius 2 is 1.91 bits per heavy atom. The van der Waals surface area contributed by atoms with Crippen molar-refractivity contribution in [2.24, 2.45) is 0 Å². The lowest BCUT2D eigenvalue weighted by molar-refractivity contribution is -0.128. The molecule has 0 aliphatic heterocycles. The summed E-state index contributed by atoms with van der Waals surface area (Å²) in [6.07, 6.45) is 0. The summed E-state index contributed by atoms with van der Waals surface area (Å²) in [6.45, 7) is 4.15. The molecule has 2 rings (SSSR count). The van der Waals surface area contributed by atoms with Crippen LogP contribution in [0, 0.1) is 18.6 Å². The summed E-state index contributed by atoms with van der Waals surface area (Å²) in [5, 5.41) is 0. The van der Waals surface area contributed by atoms with Crippen LogP contribution in [0.1, 0.15) is 12.5 Å². The second-order valence-corrected chi connectivity index (χ2v) is 6.15. The smallest absolute Gasteiger partial charge is 0.293 e. The quantitative estimate of drug-likeness (QED) is 0.555. The van der Waals surface area contributed by atoms with Crippen LogP contribution in [-0.2, 0) is 9.53 Å². The van der Waals surface area contributed by atoms with Gasteiger partial charge in [-0.05, 0) is 50.1 Å². The summed E-state index contributed by atoms with van der Waals surface area (Å²) in [7, 11) is 0. The van der Waals surface area contributed by atoms with Gasteiger partial charge in [0.2, 0.25) is 0 Å². The molecule has 23 heavy (non-hydrogen) atoms. The van der Waals surface area contributed by atoms with Gasteiger partial charge in [-0.1, -0.05) is 17.7 Å². The van der Waals surface area contributed by atoms with Crippen LogP contribution >= 0.6 is 11.9 Å². The molecule has 0 fully saturated rings. The second kappa shape index (κ2) is 7.97. The zero-order valence-electron chi connectivity index (χ0n) is 12.8. The van der Waals surface area contributed by atoms with E-state index in [4.69, 9.17) is 4.74 Å². The van der Waals surface area contributed by atoms with E-state index in [9.17, 15) is 13.6 Å². The van der Waals surface area contributed by atoms with E-state index in [1.165, 1.54) is 11.9 Å². The number of hydrogen-bond acceptors (Lipinski definition) is 4. The summed E-state index contributed by atoms with van der Waals surface area (Å²) in [4.78, 5) is 11.3. The molecule has 0 aromatic heterocycles. The van der Waals surface area contributed by atoms with Crippen molar-refractivity contribution in [2.45, 2.75) is 24.8 Å². The van der Waals surface area contributed by atoms with Crippen LogP contribution in [0.4, 0.5) is 14.5 Å². The maximum Gasteiger partial charge on any atom is 0.293 e. The third kappa shape index (κ3) is 4.69. The van der Waals surface area contributed by atoms with Crippen molar-refractivity contribution < 1.29 is 18.3 Å². The van der Waals surface area contributed by atoms with Gasteiger partial charge in [0, 0.05) is 11.0 Å². The van der Waals surface area contributed by atoms with Crippen molar-refractivity contribution >= 4 is 24.1 Å². The second-order valence-electron chi connectivity index (χ2n) is 5.10. The fraction of sp³-hybridized carbons (Fsp3) is 0.235. The van der Waals surface area contributed by atoms with E-state index in [0.717, 1.165) is 28.7 Å². The van der Waals surface area contributed by atoms with Crippen LogP contribution in [0.5, 0.6) is 0 Å². The van der Waals surface area contributed by atoms with Crippen molar-refractivity contribution in [1.29, 1.82) is 0 Å². The molecule has 0 radical (unpaired) electrons. The molecule has 2 aromatic carbocycles. The van der Waals surface area contributed by atoms with Gasteiger partial charge in [0.1, 0.15) is 18.2 Å². The number of benzene rings is 2. The predicted octanol–water partition coefficient (Wildman–Crippen LogP) is 4.35. The molecule has 0 bridgehead atoms. The molecule has 0 aliphatic rings. The van der Waals surface area contributed by atoms with Gasteiger partial charge < -0.3 is 9.04 Å². The lowest BCUT2D eigenvalue weighted by Crippen LogP contribution is -2.31. The van der Waals surface area contributed by atoms with Crippen molar-refractivity contribution in [3.63, 3.8) is 0 Å². The minimum absolute atomic E-state index is 0.0678. The third-order valence-electron chi connectivity index (χ3n) is 3.18. The van der Waals surface area contributed by atoms with Gasteiger partial charge >= 0.3 is 0 Å². The SMILES string of the molecule is Cc1ccc(SN(c2cc(F)ccc2F)C(C)COC=O)cc1. The van der Waals surface area contributed by atoms with E-state index >= 15 is 0 Å². The highest BCUT2D eigenvalue weighted by Crippen LogP contribution is 2.33. The topological polar surface area (TPSA) is 29.5 Å². The highest BCUT2D eigenvalue weighted by atomic mass is 32.2. The third-order valence-corrected chi connectivity index (χ3v) is 4.41. The Morgan fingerprint density at radius 1 is 1.22 bits per heavy atom. The first-order valence-electron chi connectivity index (χ1n) is 7.05. The summed E-state index contributed by atoms with van der Waals surface area (Å²) in [5.41, 5.74) is 1.22. The van der Waals surface area contributed by atoms with Crippen LogP contribution in [0.25, 0.3) is 0 Å². The summed E-state index contributed by atoms with van der Waals surface area (Å²) < 4.78 is 34.0. The zero-order chi connectivity index (χ0) is 16.8. The lowest BCUT2D eigenvalue weighted by atomic mass is 10.2. The molecule has 3 nitrogen and oxygen atoms in total. The van der Waals surface area contributed by atoms with Crippen molar-refractivity contribution in [2.75, 3.05) is 10.9 Å². The molecule has 1 unspecified atom stereocenters. The fourth-order valence-electron chi connectivity index (χ4n) is 1.99. The number of carbonyl (C=O) groups is 1. The molecule has 6 heteroatoms. The highest BCUT2D eigenvalue weighted by Gasteiger charge is 2.21. The predicted molar refractivity (Wildman–Crippen MR) is 87.4 cm³/mol. The number of ether oxygens (including phenoxy) is 1. The van der Waals surface area contributed by atoms with Gasteiger partial charge in [-0.25, -0.2) is 8.78 Å². The minimum atomic E-state index is -0.538. The maximum absolute atomic E-state index is 14.1. The molecule has 0 heterocycles. The molecular weight excluding hydrogens is 320 g/mol. The number of rotatable bonds is 7. The van der Waals surface area contributed by atoms with E-state index in [2.05, 4.69) is 0 Å². The van der Waals surface area contributed by atoms with Crippen molar-refractivity contribution in [1.82, 2.24) is 0 Å². The normalized spacial score (nSPS) is 11.8. The van der Waals surface area contributed by atoms with Gasteiger partial charge in [-0.15, -0.1) is 0 Å². The highest BCUT2D eigenvalue weighted by molar-refractivity contribution is 8.00. The molecule has 1 atom stereocenters. The lowest BCUT2D eigenvalue weighted by Gasteiger charge is -2.29. The Labute approximate surface area is 138 Å². The molecule has 0 amide bonds. The van der Waals surface area contributed by atoms with E-state index in [-0.39, 0.29) is 18.3 Å². The summed E-state index contributed by atoms with van der Waals surface area (Å²) in [6, 6.07) is 10.6. The van der Waals surface area contributed by atoms with Crippen LogP contribution in [0.2, 0.25) is 0 Å². The fourth-order valence-corrected chi connectivity index (χ4v) is 2.95.